The van der Waals surface area contributed by atoms with E-state index < -0.39 is 0 Å². The zero-order valence-corrected chi connectivity index (χ0v) is 8.17. The van der Waals surface area contributed by atoms with Gasteiger partial charge in [0.1, 0.15) is 0 Å². The van der Waals surface area contributed by atoms with Gasteiger partial charge in [-0.15, -0.1) is 11.6 Å². The minimum atomic E-state index is -0.127. The molecule has 1 atom stereocenters. The van der Waals surface area contributed by atoms with Gasteiger partial charge in [-0.1, -0.05) is 24.0 Å². The quantitative estimate of drug-likeness (QED) is 0.537. The number of alkyl halides is 1. The van der Waals surface area contributed by atoms with Crippen LogP contribution in [0.3, 0.4) is 0 Å². The third-order valence-corrected chi connectivity index (χ3v) is 1.66. The first kappa shape index (κ1) is 10.1. The van der Waals surface area contributed by atoms with Gasteiger partial charge in [0.15, 0.2) is 0 Å². The summed E-state index contributed by atoms with van der Waals surface area (Å²) in [5, 5.41) is 8.66. The molecule has 68 valence electrons. The van der Waals surface area contributed by atoms with Gasteiger partial charge in [-0.05, 0) is 24.6 Å². The van der Waals surface area contributed by atoms with Crippen molar-refractivity contribution in [1.29, 1.82) is 0 Å². The molecule has 0 amide bonds. The summed E-state index contributed by atoms with van der Waals surface area (Å²) in [6.45, 7) is 1.90. The molecule has 1 unspecified atom stereocenters. The molecule has 0 aliphatic carbocycles. The molecule has 1 N–H and O–H groups in total. The largest absolute Gasteiger partial charge is 0.392 e. The summed E-state index contributed by atoms with van der Waals surface area (Å²) in [5.41, 5.74) is 1.81. The van der Waals surface area contributed by atoms with Crippen molar-refractivity contribution >= 4 is 11.6 Å². The maximum atomic E-state index is 8.79. The van der Waals surface area contributed by atoms with Gasteiger partial charge in [-0.2, -0.15) is 0 Å². The Hall–Kier alpha value is -0.970. The molecule has 0 spiro atoms. The van der Waals surface area contributed by atoms with Crippen molar-refractivity contribution in [3.05, 3.63) is 35.4 Å². The number of aliphatic hydroxyl groups excluding tert-OH is 1. The predicted molar refractivity (Wildman–Crippen MR) is 54.6 cm³/mol. The number of rotatable bonds is 1. The third-order valence-electron chi connectivity index (χ3n) is 1.55. The second-order valence-electron chi connectivity index (χ2n) is 2.74. The Morgan fingerprint density at radius 1 is 1.38 bits per heavy atom. The molecule has 0 heterocycles. The van der Waals surface area contributed by atoms with Crippen LogP contribution in [-0.4, -0.2) is 10.5 Å². The van der Waals surface area contributed by atoms with E-state index >= 15 is 0 Å². The maximum absolute atomic E-state index is 8.79. The molecule has 0 aromatic heterocycles. The lowest BCUT2D eigenvalue weighted by atomic mass is 10.1. The van der Waals surface area contributed by atoms with Gasteiger partial charge in [-0.25, -0.2) is 0 Å². The molecule has 1 aromatic carbocycles. The standard InChI is InChI=1S/C11H11ClO/c1-9(12)2-3-10-4-6-11(8-13)7-5-10/h4-7,9,13H,8H2,1H3. The van der Waals surface area contributed by atoms with Crippen LogP contribution < -0.4 is 0 Å². The van der Waals surface area contributed by atoms with Crippen LogP contribution in [0.2, 0.25) is 0 Å². The van der Waals surface area contributed by atoms with Gasteiger partial charge >= 0.3 is 0 Å². The van der Waals surface area contributed by atoms with Crippen molar-refractivity contribution in [2.45, 2.75) is 18.9 Å². The Bertz CT molecular complexity index is 316. The fraction of sp³-hybridized carbons (Fsp3) is 0.273. The van der Waals surface area contributed by atoms with E-state index in [0.29, 0.717) is 0 Å². The van der Waals surface area contributed by atoms with Gasteiger partial charge in [0.25, 0.3) is 0 Å². The summed E-state index contributed by atoms with van der Waals surface area (Å²) in [4.78, 5) is 0. The van der Waals surface area contributed by atoms with Gasteiger partial charge in [0, 0.05) is 5.56 Å². The predicted octanol–water partition coefficient (Wildman–Crippen LogP) is 2.16. The average Bonchev–Trinajstić information content (AvgIpc) is 2.15. The molecular weight excluding hydrogens is 184 g/mol. The third kappa shape index (κ3) is 3.50. The second kappa shape index (κ2) is 4.91. The zero-order chi connectivity index (χ0) is 9.68. The molecule has 0 aliphatic rings. The molecular formula is C11H11ClO. The topological polar surface area (TPSA) is 20.2 Å². The highest BCUT2D eigenvalue weighted by Crippen LogP contribution is 2.03. The van der Waals surface area contributed by atoms with E-state index in [1.165, 1.54) is 0 Å². The maximum Gasteiger partial charge on any atom is 0.0918 e. The van der Waals surface area contributed by atoms with Crippen LogP contribution in [0.25, 0.3) is 0 Å². The lowest BCUT2D eigenvalue weighted by molar-refractivity contribution is 0.282. The Labute approximate surface area is 83.4 Å². The minimum absolute atomic E-state index is 0.0691. The Morgan fingerprint density at radius 2 is 2.00 bits per heavy atom. The summed E-state index contributed by atoms with van der Waals surface area (Å²) in [6.07, 6.45) is 0. The fourth-order valence-electron chi connectivity index (χ4n) is 0.876. The highest BCUT2D eigenvalue weighted by molar-refractivity contribution is 6.22. The average molecular weight is 195 g/mol. The fourth-order valence-corrected chi connectivity index (χ4v) is 0.931. The summed E-state index contributed by atoms with van der Waals surface area (Å²) in [6, 6.07) is 7.45. The number of benzene rings is 1. The van der Waals surface area contributed by atoms with Gasteiger partial charge in [0.05, 0.1) is 12.0 Å². The molecule has 0 saturated heterocycles. The van der Waals surface area contributed by atoms with E-state index in [0.717, 1.165) is 11.1 Å². The smallest absolute Gasteiger partial charge is 0.0918 e. The zero-order valence-electron chi connectivity index (χ0n) is 7.42. The van der Waals surface area contributed by atoms with Crippen molar-refractivity contribution in [2.24, 2.45) is 0 Å². The first-order valence-electron chi connectivity index (χ1n) is 4.08. The van der Waals surface area contributed by atoms with Crippen molar-refractivity contribution in [2.75, 3.05) is 0 Å². The van der Waals surface area contributed by atoms with Crippen LogP contribution >= 0.6 is 11.6 Å². The molecule has 1 aromatic rings. The number of aliphatic hydroxyl groups is 1. The Morgan fingerprint density at radius 3 is 2.46 bits per heavy atom. The molecule has 0 radical (unpaired) electrons. The van der Waals surface area contributed by atoms with Crippen LogP contribution in [-0.2, 0) is 6.61 Å². The van der Waals surface area contributed by atoms with E-state index in [1.807, 2.05) is 31.2 Å². The Balaban J connectivity index is 2.77. The van der Waals surface area contributed by atoms with E-state index in [-0.39, 0.29) is 12.0 Å². The molecule has 0 aliphatic heterocycles. The van der Waals surface area contributed by atoms with Gasteiger partial charge < -0.3 is 5.11 Å². The lowest BCUT2D eigenvalue weighted by Gasteiger charge is -1.94. The summed E-state index contributed by atoms with van der Waals surface area (Å²) in [7, 11) is 0. The number of halogens is 1. The number of hydrogen-bond acceptors (Lipinski definition) is 1. The monoisotopic (exact) mass is 194 g/mol. The lowest BCUT2D eigenvalue weighted by Crippen LogP contribution is -1.84. The molecule has 13 heavy (non-hydrogen) atoms. The molecule has 0 bridgehead atoms. The molecule has 0 saturated carbocycles. The van der Waals surface area contributed by atoms with Crippen molar-refractivity contribution in [1.82, 2.24) is 0 Å². The molecule has 1 nitrogen and oxygen atoms in total. The van der Waals surface area contributed by atoms with E-state index in [2.05, 4.69) is 11.8 Å². The Kier molecular flexibility index (Phi) is 3.82. The molecule has 2 heteroatoms. The summed E-state index contributed by atoms with van der Waals surface area (Å²) >= 11 is 5.67. The SMILES string of the molecule is CC(Cl)C#Cc1ccc(CO)cc1. The van der Waals surface area contributed by atoms with Crippen molar-refractivity contribution < 1.29 is 5.11 Å². The first-order chi connectivity index (χ1) is 6.22. The van der Waals surface area contributed by atoms with E-state index in [4.69, 9.17) is 16.7 Å². The van der Waals surface area contributed by atoms with Crippen molar-refractivity contribution in [3.63, 3.8) is 0 Å². The van der Waals surface area contributed by atoms with Crippen LogP contribution in [0.15, 0.2) is 24.3 Å². The second-order valence-corrected chi connectivity index (χ2v) is 3.40. The van der Waals surface area contributed by atoms with Crippen LogP contribution in [0.4, 0.5) is 0 Å². The molecule has 0 fully saturated rings. The first-order valence-corrected chi connectivity index (χ1v) is 4.51. The van der Waals surface area contributed by atoms with Crippen LogP contribution in [0, 0.1) is 11.8 Å². The van der Waals surface area contributed by atoms with Crippen molar-refractivity contribution in [3.8, 4) is 11.8 Å². The normalized spacial score (nSPS) is 11.6. The summed E-state index contributed by atoms with van der Waals surface area (Å²) in [5.74, 6) is 5.78. The molecule has 1 rings (SSSR count). The highest BCUT2D eigenvalue weighted by atomic mass is 35.5. The summed E-state index contributed by atoms with van der Waals surface area (Å²) < 4.78 is 0. The minimum Gasteiger partial charge on any atom is -0.392 e. The highest BCUT2D eigenvalue weighted by Gasteiger charge is 1.90. The van der Waals surface area contributed by atoms with Crippen LogP contribution in [0.1, 0.15) is 18.1 Å². The van der Waals surface area contributed by atoms with E-state index in [9.17, 15) is 0 Å². The van der Waals surface area contributed by atoms with Gasteiger partial charge in [-0.3, -0.25) is 0 Å². The number of hydrogen-bond donors (Lipinski definition) is 1. The van der Waals surface area contributed by atoms with E-state index in [1.54, 1.807) is 0 Å². The van der Waals surface area contributed by atoms with Crippen LogP contribution in [0.5, 0.6) is 0 Å². The van der Waals surface area contributed by atoms with Gasteiger partial charge in [0.2, 0.25) is 0 Å².